The molecule has 0 radical (unpaired) electrons. The van der Waals surface area contributed by atoms with Gasteiger partial charge < -0.3 is 14.7 Å². The Kier molecular flexibility index (Phi) is 8.15. The van der Waals surface area contributed by atoms with Crippen molar-refractivity contribution < 1.29 is 37.0 Å². The zero-order valence-electron chi connectivity index (χ0n) is 18.6. The van der Waals surface area contributed by atoms with Crippen molar-refractivity contribution in [3.63, 3.8) is 0 Å². The second-order valence-corrected chi connectivity index (χ2v) is 8.79. The van der Waals surface area contributed by atoms with E-state index in [-0.39, 0.29) is 22.6 Å². The van der Waals surface area contributed by atoms with Crippen molar-refractivity contribution in [2.45, 2.75) is 56.3 Å². The van der Waals surface area contributed by atoms with Crippen LogP contribution in [0.5, 0.6) is 0 Å². The second kappa shape index (κ2) is 10.7. The van der Waals surface area contributed by atoms with E-state index in [1.165, 1.54) is 31.4 Å². The number of nitrogens with zero attached hydrogens (tertiary/aromatic N) is 3. The molecule has 0 bridgehead atoms. The molecule has 186 valence electrons. The van der Waals surface area contributed by atoms with Crippen LogP contribution in [0.25, 0.3) is 0 Å². The number of aliphatic carboxylic acids is 1. The lowest BCUT2D eigenvalue weighted by Gasteiger charge is -2.52. The first-order chi connectivity index (χ1) is 16.1. The standard InChI is InChI=1S/C21H26FN3O2.C2HF3O2/c22-18-12-16(14-23)11-17(13-18)20(26)25-9-10-27-21(15-25)6-2-1-5-19(21)24-7-3-4-8-24;3-2(4,5)1(6)7/h11-13,19H,1-10,15H2;(H,6,7). The second-order valence-electron chi connectivity index (χ2n) is 8.79. The number of hydrogen-bond acceptors (Lipinski definition) is 5. The maximum Gasteiger partial charge on any atom is 0.490 e. The van der Waals surface area contributed by atoms with Crippen LogP contribution in [0.3, 0.4) is 0 Å². The number of alkyl halides is 3. The summed E-state index contributed by atoms with van der Waals surface area (Å²) in [7, 11) is 0. The average molecular weight is 485 g/mol. The summed E-state index contributed by atoms with van der Waals surface area (Å²) >= 11 is 0. The third-order valence-electron chi connectivity index (χ3n) is 6.53. The Labute approximate surface area is 194 Å². The number of ether oxygens (including phenoxy) is 1. The fourth-order valence-electron chi connectivity index (χ4n) is 5.05. The van der Waals surface area contributed by atoms with Gasteiger partial charge >= 0.3 is 12.1 Å². The van der Waals surface area contributed by atoms with Crippen LogP contribution in [0.1, 0.15) is 54.4 Å². The zero-order chi connectivity index (χ0) is 24.9. The molecular weight excluding hydrogens is 458 g/mol. The Balaban J connectivity index is 0.000000406. The third kappa shape index (κ3) is 6.04. The van der Waals surface area contributed by atoms with Crippen molar-refractivity contribution in [1.82, 2.24) is 9.80 Å². The molecule has 1 spiro atoms. The number of halogens is 4. The van der Waals surface area contributed by atoms with Gasteiger partial charge in [-0.15, -0.1) is 0 Å². The van der Waals surface area contributed by atoms with Crippen LogP contribution >= 0.6 is 0 Å². The van der Waals surface area contributed by atoms with Gasteiger partial charge in [-0.1, -0.05) is 12.8 Å². The molecule has 1 aromatic carbocycles. The molecule has 11 heteroatoms. The summed E-state index contributed by atoms with van der Waals surface area (Å²) < 4.78 is 51.9. The van der Waals surface area contributed by atoms with Gasteiger partial charge in [-0.3, -0.25) is 9.69 Å². The van der Waals surface area contributed by atoms with E-state index in [1.54, 1.807) is 4.90 Å². The largest absolute Gasteiger partial charge is 0.490 e. The van der Waals surface area contributed by atoms with E-state index in [0.29, 0.717) is 25.7 Å². The molecule has 1 aliphatic carbocycles. The topological polar surface area (TPSA) is 93.9 Å². The number of hydrogen-bond donors (Lipinski definition) is 1. The van der Waals surface area contributed by atoms with Crippen LogP contribution in [0.4, 0.5) is 17.6 Å². The molecule has 1 aromatic rings. The van der Waals surface area contributed by atoms with Crippen LogP contribution in [-0.4, -0.2) is 77.4 Å². The molecule has 4 rings (SSSR count). The number of carbonyl (C=O) groups is 2. The van der Waals surface area contributed by atoms with E-state index in [4.69, 9.17) is 19.9 Å². The van der Waals surface area contributed by atoms with Crippen molar-refractivity contribution in [2.24, 2.45) is 0 Å². The summed E-state index contributed by atoms with van der Waals surface area (Å²) in [5, 5.41) is 16.2. The fraction of sp³-hybridized carbons (Fsp3) is 0.609. The Morgan fingerprint density at radius 1 is 1.12 bits per heavy atom. The van der Waals surface area contributed by atoms with Gasteiger partial charge in [0.1, 0.15) is 11.4 Å². The summed E-state index contributed by atoms with van der Waals surface area (Å²) in [6.07, 6.45) is 1.77. The normalized spacial score (nSPS) is 25.4. The molecule has 1 saturated carbocycles. The minimum Gasteiger partial charge on any atom is -0.475 e. The van der Waals surface area contributed by atoms with E-state index in [0.717, 1.165) is 38.4 Å². The van der Waals surface area contributed by atoms with Crippen LogP contribution in [0.2, 0.25) is 0 Å². The molecular formula is C23H27F4N3O4. The molecule has 7 nitrogen and oxygen atoms in total. The molecule has 3 fully saturated rings. The van der Waals surface area contributed by atoms with E-state index < -0.39 is 18.0 Å². The maximum absolute atomic E-state index is 13.8. The van der Waals surface area contributed by atoms with Gasteiger partial charge in [0, 0.05) is 18.2 Å². The van der Waals surface area contributed by atoms with Crippen molar-refractivity contribution in [3.8, 4) is 6.07 Å². The van der Waals surface area contributed by atoms with Gasteiger partial charge in [0.15, 0.2) is 0 Å². The van der Waals surface area contributed by atoms with Gasteiger partial charge in [0.25, 0.3) is 5.91 Å². The summed E-state index contributed by atoms with van der Waals surface area (Å²) in [5.74, 6) is -3.51. The van der Waals surface area contributed by atoms with E-state index in [2.05, 4.69) is 4.90 Å². The number of nitriles is 1. The average Bonchev–Trinajstić information content (AvgIpc) is 3.33. The first kappa shape index (κ1) is 25.9. The molecule has 1 N–H and O–H groups in total. The van der Waals surface area contributed by atoms with E-state index in [1.807, 2.05) is 6.07 Å². The molecule has 0 aromatic heterocycles. The number of likely N-dealkylation sites (tertiary alicyclic amines) is 1. The number of rotatable bonds is 2. The first-order valence-corrected chi connectivity index (χ1v) is 11.2. The molecule has 2 atom stereocenters. The Morgan fingerprint density at radius 3 is 2.41 bits per heavy atom. The Morgan fingerprint density at radius 2 is 1.79 bits per heavy atom. The van der Waals surface area contributed by atoms with Gasteiger partial charge in [-0.2, -0.15) is 18.4 Å². The number of morpholine rings is 1. The van der Waals surface area contributed by atoms with Gasteiger partial charge in [0.05, 0.1) is 24.8 Å². The molecule has 1 amide bonds. The summed E-state index contributed by atoms with van der Waals surface area (Å²) in [6, 6.07) is 6.14. The Hall–Kier alpha value is -2.71. The van der Waals surface area contributed by atoms with Crippen molar-refractivity contribution in [2.75, 3.05) is 32.8 Å². The molecule has 2 aliphatic heterocycles. The van der Waals surface area contributed by atoms with Gasteiger partial charge in [-0.05, 0) is 57.0 Å². The van der Waals surface area contributed by atoms with E-state index in [9.17, 15) is 22.4 Å². The fourth-order valence-corrected chi connectivity index (χ4v) is 5.05. The predicted octanol–water partition coefficient (Wildman–Crippen LogP) is 3.58. The monoisotopic (exact) mass is 485 g/mol. The highest BCUT2D eigenvalue weighted by molar-refractivity contribution is 5.94. The summed E-state index contributed by atoms with van der Waals surface area (Å²) in [5.41, 5.74) is 0.105. The molecule has 2 saturated heterocycles. The van der Waals surface area contributed by atoms with Crippen molar-refractivity contribution in [1.29, 1.82) is 5.26 Å². The van der Waals surface area contributed by atoms with Gasteiger partial charge in [-0.25, -0.2) is 9.18 Å². The molecule has 3 aliphatic rings. The smallest absolute Gasteiger partial charge is 0.475 e. The van der Waals surface area contributed by atoms with Crippen LogP contribution < -0.4 is 0 Å². The number of carbonyl (C=O) groups excluding carboxylic acids is 1. The number of carboxylic acid groups (broad SMARTS) is 1. The maximum atomic E-state index is 13.8. The quantitative estimate of drug-likeness (QED) is 0.644. The SMILES string of the molecule is N#Cc1cc(F)cc(C(=O)N2CCOC3(CCCCC3N3CCCC3)C2)c1.O=C(O)C(F)(F)F. The number of carboxylic acids is 1. The Bertz CT molecular complexity index is 939. The summed E-state index contributed by atoms with van der Waals surface area (Å²) in [4.78, 5) is 26.3. The number of benzene rings is 1. The molecule has 2 heterocycles. The van der Waals surface area contributed by atoms with Crippen LogP contribution in [0.15, 0.2) is 18.2 Å². The van der Waals surface area contributed by atoms with Crippen molar-refractivity contribution in [3.05, 3.63) is 35.1 Å². The third-order valence-corrected chi connectivity index (χ3v) is 6.53. The van der Waals surface area contributed by atoms with E-state index >= 15 is 0 Å². The lowest BCUT2D eigenvalue weighted by Crippen LogP contribution is -2.64. The lowest BCUT2D eigenvalue weighted by atomic mass is 9.78. The summed E-state index contributed by atoms with van der Waals surface area (Å²) in [6.45, 7) is 3.78. The lowest BCUT2D eigenvalue weighted by molar-refractivity contribution is -0.192. The molecule has 34 heavy (non-hydrogen) atoms. The van der Waals surface area contributed by atoms with Crippen LogP contribution in [0, 0.1) is 17.1 Å². The van der Waals surface area contributed by atoms with Gasteiger partial charge in [0.2, 0.25) is 0 Å². The van der Waals surface area contributed by atoms with Crippen molar-refractivity contribution >= 4 is 11.9 Å². The highest BCUT2D eigenvalue weighted by Crippen LogP contribution is 2.39. The number of amides is 1. The zero-order valence-corrected chi connectivity index (χ0v) is 18.6. The molecule has 2 unspecified atom stereocenters. The van der Waals surface area contributed by atoms with Crippen LogP contribution in [-0.2, 0) is 9.53 Å². The first-order valence-electron chi connectivity index (χ1n) is 11.2. The highest BCUT2D eigenvalue weighted by atomic mass is 19.4. The highest BCUT2D eigenvalue weighted by Gasteiger charge is 2.48. The predicted molar refractivity (Wildman–Crippen MR) is 112 cm³/mol. The minimum absolute atomic E-state index is 0.175. The minimum atomic E-state index is -5.08.